The summed E-state index contributed by atoms with van der Waals surface area (Å²) in [5.41, 5.74) is 2.62. The van der Waals surface area contributed by atoms with Crippen LogP contribution in [0.3, 0.4) is 0 Å². The first kappa shape index (κ1) is 13.5. The van der Waals surface area contributed by atoms with Crippen molar-refractivity contribution in [2.24, 2.45) is 0 Å². The summed E-state index contributed by atoms with van der Waals surface area (Å²) in [5.74, 6) is 0.747. The molecule has 3 aromatic heterocycles. The minimum Gasteiger partial charge on any atom is -0.295 e. The third kappa shape index (κ3) is 2.23. The van der Waals surface area contributed by atoms with Crippen molar-refractivity contribution in [3.8, 4) is 11.5 Å². The van der Waals surface area contributed by atoms with Crippen LogP contribution < -0.4 is 5.43 Å². The maximum atomic E-state index is 12.5. The van der Waals surface area contributed by atoms with Crippen LogP contribution in [0.2, 0.25) is 0 Å². The topological polar surface area (TPSA) is 52.7 Å². The highest BCUT2D eigenvalue weighted by molar-refractivity contribution is 5.81. The average molecular weight is 302 g/mol. The molecule has 4 rings (SSSR count). The van der Waals surface area contributed by atoms with Gasteiger partial charge in [0.05, 0.1) is 10.9 Å². The molecule has 5 heteroatoms. The molecular formula is C18H14N4O. The van der Waals surface area contributed by atoms with Crippen LogP contribution in [0, 0.1) is 6.92 Å². The van der Waals surface area contributed by atoms with Crippen molar-refractivity contribution in [3.63, 3.8) is 0 Å². The molecule has 0 aliphatic carbocycles. The quantitative estimate of drug-likeness (QED) is 0.572. The summed E-state index contributed by atoms with van der Waals surface area (Å²) in [6, 6.07) is 13.5. The number of para-hydroxylation sites is 1. The second-order valence-corrected chi connectivity index (χ2v) is 5.35. The Morgan fingerprint density at radius 3 is 2.65 bits per heavy atom. The van der Waals surface area contributed by atoms with Gasteiger partial charge in [0.1, 0.15) is 12.1 Å². The van der Waals surface area contributed by atoms with E-state index in [2.05, 4.69) is 9.97 Å². The summed E-state index contributed by atoms with van der Waals surface area (Å²) in [4.78, 5) is 20.9. The van der Waals surface area contributed by atoms with E-state index in [1.54, 1.807) is 24.8 Å². The second kappa shape index (κ2) is 5.21. The number of hydrogen-bond acceptors (Lipinski definition) is 3. The molecule has 0 atom stereocenters. The zero-order valence-corrected chi connectivity index (χ0v) is 12.5. The molecular weight excluding hydrogens is 288 g/mol. The Morgan fingerprint density at radius 1 is 1.09 bits per heavy atom. The van der Waals surface area contributed by atoms with Crippen LogP contribution in [0.15, 0.2) is 72.2 Å². The first-order chi connectivity index (χ1) is 11.2. The molecule has 0 fully saturated rings. The highest BCUT2D eigenvalue weighted by atomic mass is 16.1. The lowest BCUT2D eigenvalue weighted by Gasteiger charge is -2.17. The first-order valence-corrected chi connectivity index (χ1v) is 7.30. The number of pyridine rings is 2. The van der Waals surface area contributed by atoms with Crippen LogP contribution >= 0.6 is 0 Å². The normalized spacial score (nSPS) is 11.0. The summed E-state index contributed by atoms with van der Waals surface area (Å²) >= 11 is 0. The second-order valence-electron chi connectivity index (χ2n) is 5.35. The summed E-state index contributed by atoms with van der Waals surface area (Å²) in [7, 11) is 0. The molecule has 0 radical (unpaired) electrons. The van der Waals surface area contributed by atoms with E-state index in [0.29, 0.717) is 5.39 Å². The Kier molecular flexibility index (Phi) is 3.05. The van der Waals surface area contributed by atoms with Gasteiger partial charge in [-0.2, -0.15) is 0 Å². The molecule has 0 aliphatic heterocycles. The third-order valence-corrected chi connectivity index (χ3v) is 3.80. The van der Waals surface area contributed by atoms with Gasteiger partial charge in [-0.25, -0.2) is 4.98 Å². The fraction of sp³-hybridized carbons (Fsp3) is 0.0556. The van der Waals surface area contributed by atoms with E-state index >= 15 is 0 Å². The van der Waals surface area contributed by atoms with Crippen molar-refractivity contribution >= 4 is 10.9 Å². The largest absolute Gasteiger partial charge is 0.295 e. The fourth-order valence-corrected chi connectivity index (χ4v) is 2.74. The van der Waals surface area contributed by atoms with Gasteiger partial charge in [0.2, 0.25) is 0 Å². The number of benzene rings is 1. The lowest BCUT2D eigenvalue weighted by atomic mass is 10.2. The van der Waals surface area contributed by atoms with Gasteiger partial charge in [0, 0.05) is 36.0 Å². The van der Waals surface area contributed by atoms with Gasteiger partial charge in [-0.3, -0.25) is 18.9 Å². The maximum Gasteiger partial charge on any atom is 0.193 e. The van der Waals surface area contributed by atoms with E-state index in [-0.39, 0.29) is 5.43 Å². The van der Waals surface area contributed by atoms with E-state index in [1.807, 2.05) is 58.7 Å². The zero-order valence-electron chi connectivity index (χ0n) is 12.5. The standard InChI is InChI=1S/C18H14N4O/c1-13-9-16-15(11-20-13)17(23)10-18(21-8-7-19-12-21)22(16)14-5-3-2-4-6-14/h2-12H,1H3. The highest BCUT2D eigenvalue weighted by Gasteiger charge is 2.12. The van der Waals surface area contributed by atoms with Crippen molar-refractivity contribution < 1.29 is 0 Å². The van der Waals surface area contributed by atoms with Crippen molar-refractivity contribution in [2.45, 2.75) is 6.92 Å². The Labute approximate surface area is 132 Å². The van der Waals surface area contributed by atoms with Crippen LogP contribution in [0.25, 0.3) is 22.4 Å². The molecule has 0 saturated heterocycles. The molecule has 0 amide bonds. The molecule has 0 aliphatic rings. The van der Waals surface area contributed by atoms with E-state index in [1.165, 1.54) is 0 Å². The SMILES string of the molecule is Cc1cc2c(cn1)c(=O)cc(-n1ccnc1)n2-c1ccccc1. The first-order valence-electron chi connectivity index (χ1n) is 7.30. The van der Waals surface area contributed by atoms with Gasteiger partial charge in [-0.1, -0.05) is 18.2 Å². The van der Waals surface area contributed by atoms with Gasteiger partial charge in [-0.05, 0) is 25.1 Å². The Balaban J connectivity index is 2.19. The van der Waals surface area contributed by atoms with Gasteiger partial charge in [-0.15, -0.1) is 0 Å². The van der Waals surface area contributed by atoms with E-state index in [0.717, 1.165) is 22.7 Å². The molecule has 0 unspecified atom stereocenters. The van der Waals surface area contributed by atoms with Crippen molar-refractivity contribution in [1.29, 1.82) is 0 Å². The van der Waals surface area contributed by atoms with Crippen molar-refractivity contribution in [3.05, 3.63) is 83.3 Å². The predicted octanol–water partition coefficient (Wildman–Crippen LogP) is 2.88. The van der Waals surface area contributed by atoms with Gasteiger partial charge < -0.3 is 0 Å². The zero-order chi connectivity index (χ0) is 15.8. The molecule has 5 nitrogen and oxygen atoms in total. The molecule has 23 heavy (non-hydrogen) atoms. The Morgan fingerprint density at radius 2 is 1.91 bits per heavy atom. The molecule has 3 heterocycles. The summed E-state index contributed by atoms with van der Waals surface area (Å²) < 4.78 is 3.89. The molecule has 0 N–H and O–H groups in total. The molecule has 4 aromatic rings. The van der Waals surface area contributed by atoms with Gasteiger partial charge in [0.15, 0.2) is 5.43 Å². The lowest BCUT2D eigenvalue weighted by Crippen LogP contribution is -2.14. The lowest BCUT2D eigenvalue weighted by molar-refractivity contribution is 0.924. The number of rotatable bonds is 2. The maximum absolute atomic E-state index is 12.5. The molecule has 0 bridgehead atoms. The highest BCUT2D eigenvalue weighted by Crippen LogP contribution is 2.21. The van der Waals surface area contributed by atoms with Crippen LogP contribution in [-0.4, -0.2) is 19.1 Å². The Hall–Kier alpha value is -3.21. The van der Waals surface area contributed by atoms with Crippen LogP contribution in [0.4, 0.5) is 0 Å². The summed E-state index contributed by atoms with van der Waals surface area (Å²) in [6.45, 7) is 1.92. The number of fused-ring (bicyclic) bond motifs is 1. The monoisotopic (exact) mass is 302 g/mol. The number of imidazole rings is 1. The minimum atomic E-state index is -0.0524. The minimum absolute atomic E-state index is 0.0524. The summed E-state index contributed by atoms with van der Waals surface area (Å²) in [5, 5.41) is 0.600. The number of aromatic nitrogens is 4. The third-order valence-electron chi connectivity index (χ3n) is 3.80. The van der Waals surface area contributed by atoms with E-state index in [9.17, 15) is 4.79 Å². The van der Waals surface area contributed by atoms with Crippen molar-refractivity contribution in [2.75, 3.05) is 0 Å². The van der Waals surface area contributed by atoms with Crippen LogP contribution in [0.1, 0.15) is 5.69 Å². The summed E-state index contributed by atoms with van der Waals surface area (Å²) in [6.07, 6.45) is 6.86. The predicted molar refractivity (Wildman–Crippen MR) is 89.2 cm³/mol. The number of aryl methyl sites for hydroxylation is 1. The molecule has 1 aromatic carbocycles. The van der Waals surface area contributed by atoms with Gasteiger partial charge >= 0.3 is 0 Å². The fourth-order valence-electron chi connectivity index (χ4n) is 2.74. The van der Waals surface area contributed by atoms with E-state index < -0.39 is 0 Å². The molecule has 0 saturated carbocycles. The van der Waals surface area contributed by atoms with Crippen molar-refractivity contribution in [1.82, 2.24) is 19.1 Å². The number of hydrogen-bond donors (Lipinski definition) is 0. The van der Waals surface area contributed by atoms with Crippen LogP contribution in [-0.2, 0) is 0 Å². The van der Waals surface area contributed by atoms with Crippen LogP contribution in [0.5, 0.6) is 0 Å². The smallest absolute Gasteiger partial charge is 0.193 e. The molecule has 112 valence electrons. The Bertz CT molecular complexity index is 1030. The number of nitrogens with zero attached hydrogens (tertiary/aromatic N) is 4. The van der Waals surface area contributed by atoms with Gasteiger partial charge in [0.25, 0.3) is 0 Å². The molecule has 0 spiro atoms. The van der Waals surface area contributed by atoms with E-state index in [4.69, 9.17) is 0 Å². The average Bonchev–Trinajstić information content (AvgIpc) is 3.09.